The van der Waals surface area contributed by atoms with Gasteiger partial charge in [0.25, 0.3) is 0 Å². The Hall–Kier alpha value is -2.41. The maximum absolute atomic E-state index is 6.27. The summed E-state index contributed by atoms with van der Waals surface area (Å²) in [6, 6.07) is 5.73. The Bertz CT molecular complexity index is 734. The molecule has 0 bridgehead atoms. The van der Waals surface area contributed by atoms with Crippen LogP contribution in [0.1, 0.15) is 11.3 Å². The maximum atomic E-state index is 6.27. The van der Waals surface area contributed by atoms with E-state index in [4.69, 9.17) is 25.6 Å². The van der Waals surface area contributed by atoms with Gasteiger partial charge in [0.2, 0.25) is 0 Å². The van der Waals surface area contributed by atoms with Crippen molar-refractivity contribution < 1.29 is 14.0 Å². The Morgan fingerprint density at radius 2 is 2.20 bits per heavy atom. The Balaban J connectivity index is 1.55. The Morgan fingerprint density at radius 1 is 1.36 bits per heavy atom. The lowest BCUT2D eigenvalue weighted by Gasteiger charge is -2.22. The highest BCUT2D eigenvalue weighted by Gasteiger charge is 2.16. The Labute approximate surface area is 151 Å². The van der Waals surface area contributed by atoms with E-state index in [1.165, 1.54) is 0 Å². The van der Waals surface area contributed by atoms with Crippen molar-refractivity contribution in [2.24, 2.45) is 4.99 Å². The molecule has 0 saturated carbocycles. The Kier molecular flexibility index (Phi) is 5.65. The second kappa shape index (κ2) is 8.11. The van der Waals surface area contributed by atoms with Crippen LogP contribution in [0.4, 0.5) is 0 Å². The first kappa shape index (κ1) is 17.4. The van der Waals surface area contributed by atoms with E-state index in [9.17, 15) is 0 Å². The number of guanidine groups is 1. The molecule has 2 heterocycles. The van der Waals surface area contributed by atoms with Gasteiger partial charge in [-0.05, 0) is 24.1 Å². The number of ether oxygens (including phenoxy) is 2. The van der Waals surface area contributed by atoms with Gasteiger partial charge < -0.3 is 24.2 Å². The van der Waals surface area contributed by atoms with Crippen LogP contribution in [-0.4, -0.2) is 49.9 Å². The number of benzene rings is 1. The third-order valence-electron chi connectivity index (χ3n) is 3.82. The van der Waals surface area contributed by atoms with E-state index in [1.807, 2.05) is 30.1 Å². The third-order valence-corrected chi connectivity index (χ3v) is 4.10. The van der Waals surface area contributed by atoms with E-state index in [0.29, 0.717) is 42.8 Å². The van der Waals surface area contributed by atoms with Crippen molar-refractivity contribution in [3.8, 4) is 11.5 Å². The summed E-state index contributed by atoms with van der Waals surface area (Å²) < 4.78 is 16.0. The van der Waals surface area contributed by atoms with Gasteiger partial charge in [0.05, 0.1) is 11.6 Å². The van der Waals surface area contributed by atoms with E-state index < -0.39 is 0 Å². The maximum Gasteiger partial charge on any atom is 0.193 e. The third kappa shape index (κ3) is 4.36. The topological polar surface area (TPSA) is 72.1 Å². The Morgan fingerprint density at radius 3 is 2.96 bits per heavy atom. The molecule has 1 aliphatic heterocycles. The minimum atomic E-state index is 0.530. The minimum Gasteiger partial charge on any atom is -0.486 e. The van der Waals surface area contributed by atoms with Crippen LogP contribution in [0.25, 0.3) is 0 Å². The quantitative estimate of drug-likeness (QED) is 0.648. The molecular formula is C17H21ClN4O3. The summed E-state index contributed by atoms with van der Waals surface area (Å²) in [6.07, 6.45) is 2.35. The van der Waals surface area contributed by atoms with Gasteiger partial charge >= 0.3 is 0 Å². The molecule has 7 nitrogen and oxygen atoms in total. The zero-order valence-electron chi connectivity index (χ0n) is 14.3. The number of hydrogen-bond acceptors (Lipinski definition) is 5. The van der Waals surface area contributed by atoms with Crippen LogP contribution in [0.5, 0.6) is 11.5 Å². The van der Waals surface area contributed by atoms with Crippen molar-refractivity contribution in [1.82, 2.24) is 15.4 Å². The zero-order valence-corrected chi connectivity index (χ0v) is 15.0. The van der Waals surface area contributed by atoms with Gasteiger partial charge in [-0.1, -0.05) is 16.8 Å². The van der Waals surface area contributed by atoms with Crippen LogP contribution >= 0.6 is 11.6 Å². The van der Waals surface area contributed by atoms with Crippen LogP contribution in [0.2, 0.25) is 5.02 Å². The lowest BCUT2D eigenvalue weighted by Crippen LogP contribution is -2.39. The van der Waals surface area contributed by atoms with Crippen LogP contribution in [0.15, 0.2) is 34.0 Å². The molecule has 8 heteroatoms. The lowest BCUT2D eigenvalue weighted by molar-refractivity contribution is 0.171. The molecule has 1 aliphatic rings. The number of rotatable bonds is 5. The van der Waals surface area contributed by atoms with Gasteiger partial charge in [-0.3, -0.25) is 4.99 Å². The van der Waals surface area contributed by atoms with Crippen LogP contribution in [-0.2, 0) is 13.0 Å². The van der Waals surface area contributed by atoms with Gasteiger partial charge in [0.1, 0.15) is 25.2 Å². The van der Waals surface area contributed by atoms with E-state index in [-0.39, 0.29) is 0 Å². The highest BCUT2D eigenvalue weighted by molar-refractivity contribution is 6.32. The van der Waals surface area contributed by atoms with Crippen molar-refractivity contribution in [3.63, 3.8) is 0 Å². The highest BCUT2D eigenvalue weighted by atomic mass is 35.5. The molecule has 1 aromatic carbocycles. The fourth-order valence-electron chi connectivity index (χ4n) is 2.65. The number of aromatic nitrogens is 1. The predicted octanol–water partition coefficient (Wildman–Crippen LogP) is 2.35. The second-order valence-electron chi connectivity index (χ2n) is 5.67. The van der Waals surface area contributed by atoms with Gasteiger partial charge in [-0.25, -0.2) is 0 Å². The molecule has 1 N–H and O–H groups in total. The lowest BCUT2D eigenvalue weighted by atomic mass is 10.1. The molecule has 0 saturated heterocycles. The smallest absolute Gasteiger partial charge is 0.193 e. The van der Waals surface area contributed by atoms with Gasteiger partial charge in [-0.15, -0.1) is 0 Å². The van der Waals surface area contributed by atoms with Gasteiger partial charge in [-0.2, -0.15) is 0 Å². The number of aliphatic imine (C=N–C) groups is 1. The summed E-state index contributed by atoms with van der Waals surface area (Å²) >= 11 is 6.27. The van der Waals surface area contributed by atoms with Crippen molar-refractivity contribution in [2.75, 3.05) is 33.9 Å². The standard InChI is InChI=1S/C17H21ClN4O3/c1-19-17(22(2)11-13-4-6-25-21-13)20-5-3-12-9-14(18)16-15(10-12)23-7-8-24-16/h4,6,9-10H,3,5,7-8,11H2,1-2H3,(H,19,20). The number of fused-ring (bicyclic) bond motifs is 1. The molecule has 0 unspecified atom stereocenters. The first-order chi connectivity index (χ1) is 12.2. The number of hydrogen-bond donors (Lipinski definition) is 1. The van der Waals surface area contributed by atoms with Crippen LogP contribution < -0.4 is 14.8 Å². The molecule has 0 aliphatic carbocycles. The van der Waals surface area contributed by atoms with Gasteiger partial charge in [0, 0.05) is 26.7 Å². The molecule has 25 heavy (non-hydrogen) atoms. The molecule has 3 rings (SSSR count). The normalized spacial score (nSPS) is 13.6. The molecule has 0 amide bonds. The minimum absolute atomic E-state index is 0.530. The second-order valence-corrected chi connectivity index (χ2v) is 6.08. The predicted molar refractivity (Wildman–Crippen MR) is 95.5 cm³/mol. The molecule has 0 fully saturated rings. The van der Waals surface area contributed by atoms with E-state index >= 15 is 0 Å². The zero-order chi connectivity index (χ0) is 17.6. The molecule has 0 radical (unpaired) electrons. The molecule has 0 atom stereocenters. The van der Waals surface area contributed by atoms with E-state index in [1.54, 1.807) is 13.3 Å². The van der Waals surface area contributed by atoms with Crippen molar-refractivity contribution in [3.05, 3.63) is 40.7 Å². The fraction of sp³-hybridized carbons (Fsp3) is 0.412. The van der Waals surface area contributed by atoms with E-state index in [0.717, 1.165) is 23.6 Å². The summed E-state index contributed by atoms with van der Waals surface area (Å²) in [5.41, 5.74) is 1.93. The largest absolute Gasteiger partial charge is 0.486 e. The summed E-state index contributed by atoms with van der Waals surface area (Å²) in [4.78, 5) is 6.27. The number of nitrogens with one attached hydrogen (secondary N) is 1. The van der Waals surface area contributed by atoms with Crippen LogP contribution in [0.3, 0.4) is 0 Å². The highest BCUT2D eigenvalue weighted by Crippen LogP contribution is 2.38. The van der Waals surface area contributed by atoms with Gasteiger partial charge in [0.15, 0.2) is 17.5 Å². The summed E-state index contributed by atoms with van der Waals surface area (Å²) in [6.45, 7) is 2.41. The first-order valence-electron chi connectivity index (χ1n) is 8.06. The van der Waals surface area contributed by atoms with Crippen molar-refractivity contribution in [1.29, 1.82) is 0 Å². The fourth-order valence-corrected chi connectivity index (χ4v) is 2.94. The average Bonchev–Trinajstić information content (AvgIpc) is 3.11. The molecule has 134 valence electrons. The first-order valence-corrected chi connectivity index (χ1v) is 8.44. The molecule has 1 aromatic heterocycles. The van der Waals surface area contributed by atoms with Crippen molar-refractivity contribution >= 4 is 17.6 Å². The van der Waals surface area contributed by atoms with E-state index in [2.05, 4.69) is 15.5 Å². The number of nitrogens with zero attached hydrogens (tertiary/aromatic N) is 3. The molecule has 0 spiro atoms. The monoisotopic (exact) mass is 364 g/mol. The summed E-state index contributed by atoms with van der Waals surface area (Å²) in [5, 5.41) is 7.83. The van der Waals surface area contributed by atoms with Crippen molar-refractivity contribution in [2.45, 2.75) is 13.0 Å². The molecule has 2 aromatic rings. The van der Waals surface area contributed by atoms with Crippen LogP contribution in [0, 0.1) is 0 Å². The summed E-state index contributed by atoms with van der Waals surface area (Å²) in [7, 11) is 3.70. The molecular weight excluding hydrogens is 344 g/mol. The average molecular weight is 365 g/mol. The SMILES string of the molecule is CN=C(NCCc1cc(Cl)c2c(c1)OCCO2)N(C)Cc1ccon1. The number of halogens is 1. The summed E-state index contributed by atoms with van der Waals surface area (Å²) in [5.74, 6) is 2.13.